The first-order chi connectivity index (χ1) is 10.2. The molecule has 1 aromatic rings. The molecule has 1 aliphatic rings. The van der Waals surface area contributed by atoms with Crippen molar-refractivity contribution in [3.05, 3.63) is 29.3 Å². The first-order valence-electron chi connectivity index (χ1n) is 7.51. The van der Waals surface area contributed by atoms with E-state index < -0.39 is 0 Å². The van der Waals surface area contributed by atoms with Gasteiger partial charge in [0.15, 0.2) is 0 Å². The van der Waals surface area contributed by atoms with E-state index in [4.69, 9.17) is 16.3 Å². The maximum atomic E-state index is 12.0. The van der Waals surface area contributed by atoms with E-state index in [1.54, 1.807) is 11.0 Å². The molecule has 1 unspecified atom stereocenters. The molecule has 1 aromatic carbocycles. The monoisotopic (exact) mass is 346 g/mol. The number of rotatable bonds is 7. The van der Waals surface area contributed by atoms with Gasteiger partial charge in [0.25, 0.3) is 0 Å². The number of ether oxygens (including phenoxy) is 1. The number of carbonyl (C=O) groups excluding carboxylic acids is 1. The van der Waals surface area contributed by atoms with E-state index in [1.807, 2.05) is 25.2 Å². The highest BCUT2D eigenvalue weighted by Crippen LogP contribution is 2.22. The van der Waals surface area contributed by atoms with E-state index in [9.17, 15) is 4.79 Å². The highest BCUT2D eigenvalue weighted by atomic mass is 35.5. The van der Waals surface area contributed by atoms with Crippen LogP contribution in [-0.2, 0) is 4.79 Å². The second kappa shape index (κ2) is 9.93. The maximum Gasteiger partial charge on any atom is 0.222 e. The number of carbonyl (C=O) groups is 1. The number of likely N-dealkylation sites (N-methyl/N-ethyl adjacent to an activating group) is 1. The van der Waals surface area contributed by atoms with Crippen molar-refractivity contribution in [1.29, 1.82) is 0 Å². The van der Waals surface area contributed by atoms with Gasteiger partial charge < -0.3 is 15.0 Å². The average molecular weight is 347 g/mol. The average Bonchev–Trinajstić information content (AvgIpc) is 3.00. The fourth-order valence-electron chi connectivity index (χ4n) is 2.47. The molecule has 0 aliphatic carbocycles. The summed E-state index contributed by atoms with van der Waals surface area (Å²) in [5, 5.41) is 4.01. The quantitative estimate of drug-likeness (QED) is 0.824. The highest BCUT2D eigenvalue weighted by Gasteiger charge is 2.16. The summed E-state index contributed by atoms with van der Waals surface area (Å²) in [6, 6.07) is 7.88. The molecule has 1 saturated heterocycles. The predicted octanol–water partition coefficient (Wildman–Crippen LogP) is 3.13. The van der Waals surface area contributed by atoms with Gasteiger partial charge in [-0.25, -0.2) is 0 Å². The van der Waals surface area contributed by atoms with Crippen LogP contribution in [0.5, 0.6) is 5.75 Å². The Bertz CT molecular complexity index is 465. The molecule has 1 atom stereocenters. The molecule has 1 N–H and O–H groups in total. The molecule has 22 heavy (non-hydrogen) atoms. The van der Waals surface area contributed by atoms with Gasteiger partial charge in [-0.2, -0.15) is 0 Å². The second-order valence-electron chi connectivity index (χ2n) is 5.43. The molecule has 0 saturated carbocycles. The van der Waals surface area contributed by atoms with Crippen LogP contribution >= 0.6 is 24.0 Å². The van der Waals surface area contributed by atoms with Crippen molar-refractivity contribution in [1.82, 2.24) is 10.2 Å². The zero-order valence-corrected chi connectivity index (χ0v) is 14.5. The van der Waals surface area contributed by atoms with Crippen molar-refractivity contribution < 1.29 is 9.53 Å². The smallest absolute Gasteiger partial charge is 0.222 e. The first-order valence-corrected chi connectivity index (χ1v) is 7.89. The molecular formula is C16H24Cl2N2O2. The third kappa shape index (κ3) is 6.03. The molecule has 1 amide bonds. The van der Waals surface area contributed by atoms with Crippen molar-refractivity contribution >= 4 is 29.9 Å². The van der Waals surface area contributed by atoms with E-state index in [1.165, 1.54) is 12.8 Å². The zero-order chi connectivity index (χ0) is 15.1. The van der Waals surface area contributed by atoms with Gasteiger partial charge in [0, 0.05) is 19.5 Å². The Morgan fingerprint density at radius 1 is 1.45 bits per heavy atom. The molecule has 0 radical (unpaired) electrons. The summed E-state index contributed by atoms with van der Waals surface area (Å²) in [7, 11) is 1.82. The fourth-order valence-corrected chi connectivity index (χ4v) is 2.66. The van der Waals surface area contributed by atoms with Crippen molar-refractivity contribution in [3.63, 3.8) is 0 Å². The molecule has 1 fully saturated rings. The van der Waals surface area contributed by atoms with Gasteiger partial charge in [0.2, 0.25) is 5.91 Å². The minimum atomic E-state index is 0. The van der Waals surface area contributed by atoms with Gasteiger partial charge in [0.1, 0.15) is 12.4 Å². The largest absolute Gasteiger partial charge is 0.490 e. The molecule has 0 aromatic heterocycles. The van der Waals surface area contributed by atoms with Crippen LogP contribution in [0.1, 0.15) is 25.7 Å². The van der Waals surface area contributed by atoms with Crippen LogP contribution in [0.25, 0.3) is 0 Å². The number of halogens is 2. The first kappa shape index (κ1) is 19.1. The minimum Gasteiger partial charge on any atom is -0.490 e. The van der Waals surface area contributed by atoms with Crippen LogP contribution in [0.4, 0.5) is 0 Å². The van der Waals surface area contributed by atoms with Crippen LogP contribution in [0.2, 0.25) is 5.02 Å². The third-order valence-electron chi connectivity index (χ3n) is 3.82. The van der Waals surface area contributed by atoms with E-state index in [0.29, 0.717) is 36.4 Å². The summed E-state index contributed by atoms with van der Waals surface area (Å²) in [6.45, 7) is 2.11. The maximum absolute atomic E-state index is 12.0. The van der Waals surface area contributed by atoms with Crippen molar-refractivity contribution in [2.75, 3.05) is 26.7 Å². The lowest BCUT2D eigenvalue weighted by Gasteiger charge is -2.19. The van der Waals surface area contributed by atoms with Crippen LogP contribution in [0.3, 0.4) is 0 Å². The molecule has 1 heterocycles. The van der Waals surface area contributed by atoms with Crippen LogP contribution in [0.15, 0.2) is 24.3 Å². The summed E-state index contributed by atoms with van der Waals surface area (Å²) in [5.41, 5.74) is 0. The van der Waals surface area contributed by atoms with Crippen molar-refractivity contribution in [2.45, 2.75) is 31.7 Å². The lowest BCUT2D eigenvalue weighted by atomic mass is 10.1. The lowest BCUT2D eigenvalue weighted by Crippen LogP contribution is -2.32. The topological polar surface area (TPSA) is 41.6 Å². The Hall–Kier alpha value is -0.970. The predicted molar refractivity (Wildman–Crippen MR) is 92.1 cm³/mol. The number of nitrogens with zero attached hydrogens (tertiary/aromatic N) is 1. The van der Waals surface area contributed by atoms with Crippen LogP contribution < -0.4 is 10.1 Å². The lowest BCUT2D eigenvalue weighted by molar-refractivity contribution is -0.130. The number of para-hydroxylation sites is 1. The Morgan fingerprint density at radius 3 is 2.91 bits per heavy atom. The Labute approximate surface area is 143 Å². The zero-order valence-electron chi connectivity index (χ0n) is 12.9. The van der Waals surface area contributed by atoms with Gasteiger partial charge in [-0.3, -0.25) is 4.79 Å². The fraction of sp³-hybridized carbons (Fsp3) is 0.562. The van der Waals surface area contributed by atoms with Crippen LogP contribution in [-0.4, -0.2) is 43.6 Å². The van der Waals surface area contributed by atoms with Gasteiger partial charge in [-0.05, 0) is 37.9 Å². The Morgan fingerprint density at radius 2 is 2.23 bits per heavy atom. The SMILES string of the molecule is CN(CCOc1ccccc1Cl)C(=O)CCC1CCCN1.Cl. The number of amides is 1. The third-order valence-corrected chi connectivity index (χ3v) is 4.13. The Balaban J connectivity index is 0.00000242. The van der Waals surface area contributed by atoms with Crippen molar-refractivity contribution in [2.24, 2.45) is 0 Å². The second-order valence-corrected chi connectivity index (χ2v) is 5.83. The van der Waals surface area contributed by atoms with E-state index in [2.05, 4.69) is 5.32 Å². The minimum absolute atomic E-state index is 0. The molecule has 6 heteroatoms. The number of benzene rings is 1. The van der Waals surface area contributed by atoms with Crippen molar-refractivity contribution in [3.8, 4) is 5.75 Å². The number of hydrogen-bond acceptors (Lipinski definition) is 3. The molecule has 0 spiro atoms. The molecule has 4 nitrogen and oxygen atoms in total. The summed E-state index contributed by atoms with van der Waals surface area (Å²) in [4.78, 5) is 13.8. The van der Waals surface area contributed by atoms with E-state index in [-0.39, 0.29) is 18.3 Å². The molecule has 2 rings (SSSR count). The van der Waals surface area contributed by atoms with E-state index >= 15 is 0 Å². The molecular weight excluding hydrogens is 323 g/mol. The Kier molecular flexibility index (Phi) is 8.61. The van der Waals surface area contributed by atoms with Gasteiger partial charge in [-0.1, -0.05) is 23.7 Å². The standard InChI is InChI=1S/C16H23ClN2O2.ClH/c1-19(16(20)9-8-13-5-4-10-18-13)11-12-21-15-7-3-2-6-14(15)17;/h2-3,6-7,13,18H,4-5,8-12H2,1H3;1H. The summed E-state index contributed by atoms with van der Waals surface area (Å²) < 4.78 is 5.60. The highest BCUT2D eigenvalue weighted by molar-refractivity contribution is 6.32. The number of hydrogen-bond donors (Lipinski definition) is 1. The molecule has 0 bridgehead atoms. The van der Waals surface area contributed by atoms with Gasteiger partial charge >= 0.3 is 0 Å². The van der Waals surface area contributed by atoms with Gasteiger partial charge in [0.05, 0.1) is 11.6 Å². The summed E-state index contributed by atoms with van der Waals surface area (Å²) >= 11 is 6.01. The van der Waals surface area contributed by atoms with Crippen LogP contribution in [0, 0.1) is 0 Å². The van der Waals surface area contributed by atoms with Gasteiger partial charge in [-0.15, -0.1) is 12.4 Å². The summed E-state index contributed by atoms with van der Waals surface area (Å²) in [5.74, 6) is 0.835. The number of nitrogens with one attached hydrogen (secondary N) is 1. The normalized spacial score (nSPS) is 16.9. The molecule has 1 aliphatic heterocycles. The van der Waals surface area contributed by atoms with E-state index in [0.717, 1.165) is 13.0 Å². The molecule has 124 valence electrons. The summed E-state index contributed by atoms with van der Waals surface area (Å²) in [6.07, 6.45) is 3.93.